The van der Waals surface area contributed by atoms with E-state index in [9.17, 15) is 4.39 Å². The molecule has 0 aliphatic heterocycles. The van der Waals surface area contributed by atoms with Crippen molar-refractivity contribution in [2.24, 2.45) is 5.73 Å². The highest BCUT2D eigenvalue weighted by Gasteiger charge is 1.95. The second-order valence-electron chi connectivity index (χ2n) is 2.95. The van der Waals surface area contributed by atoms with Crippen LogP contribution in [0.4, 0.5) is 4.39 Å². The molecule has 3 nitrogen and oxygen atoms in total. The van der Waals surface area contributed by atoms with Gasteiger partial charge in [0.05, 0.1) is 6.61 Å². The highest BCUT2D eigenvalue weighted by atomic mass is 35.5. The van der Waals surface area contributed by atoms with E-state index in [1.54, 1.807) is 12.1 Å². The number of nitrogens with one attached hydrogen (secondary N) is 1. The minimum absolute atomic E-state index is 0. The van der Waals surface area contributed by atoms with Crippen molar-refractivity contribution in [3.05, 3.63) is 35.6 Å². The molecule has 0 fully saturated rings. The molecule has 0 amide bonds. The average Bonchev–Trinajstić information content (AvgIpc) is 2.15. The summed E-state index contributed by atoms with van der Waals surface area (Å²) in [4.78, 5) is 0. The lowest BCUT2D eigenvalue weighted by atomic mass is 10.2. The van der Waals surface area contributed by atoms with Crippen molar-refractivity contribution in [1.29, 1.82) is 5.41 Å². The summed E-state index contributed by atoms with van der Waals surface area (Å²) in [6.45, 7) is 0.645. The first-order chi connectivity index (χ1) is 6.68. The van der Waals surface area contributed by atoms with Gasteiger partial charge in [0.15, 0.2) is 0 Å². The standard InChI is InChI=1S/C10H13FN2O.ClH/c11-9-3-1-8(2-4-9)5-6-14-7-10(12)13;/h1-4H,5-7H2,(H3,12,13);1H. The van der Waals surface area contributed by atoms with Gasteiger partial charge in [-0.25, -0.2) is 4.39 Å². The third kappa shape index (κ3) is 6.04. The van der Waals surface area contributed by atoms with Crippen LogP contribution in [0.2, 0.25) is 0 Å². The summed E-state index contributed by atoms with van der Waals surface area (Å²) in [5.74, 6) is -0.220. The second-order valence-corrected chi connectivity index (χ2v) is 2.95. The first-order valence-corrected chi connectivity index (χ1v) is 4.33. The molecule has 1 aromatic rings. The van der Waals surface area contributed by atoms with Crippen LogP contribution in [0, 0.1) is 11.2 Å². The van der Waals surface area contributed by atoms with Crippen molar-refractivity contribution in [2.75, 3.05) is 13.2 Å². The van der Waals surface area contributed by atoms with Gasteiger partial charge in [0.25, 0.3) is 0 Å². The summed E-state index contributed by atoms with van der Waals surface area (Å²) < 4.78 is 17.6. The van der Waals surface area contributed by atoms with E-state index in [-0.39, 0.29) is 30.7 Å². The van der Waals surface area contributed by atoms with Gasteiger partial charge in [-0.15, -0.1) is 12.4 Å². The molecule has 1 rings (SSSR count). The van der Waals surface area contributed by atoms with Gasteiger partial charge in [0.1, 0.15) is 18.3 Å². The zero-order valence-corrected chi connectivity index (χ0v) is 9.02. The molecule has 0 heterocycles. The number of amidine groups is 1. The summed E-state index contributed by atoms with van der Waals surface area (Å²) >= 11 is 0. The number of benzene rings is 1. The van der Waals surface area contributed by atoms with Crippen LogP contribution in [0.1, 0.15) is 5.56 Å². The molecule has 0 spiro atoms. The van der Waals surface area contributed by atoms with Gasteiger partial charge in [-0.1, -0.05) is 12.1 Å². The Kier molecular flexibility index (Phi) is 6.66. The van der Waals surface area contributed by atoms with Crippen molar-refractivity contribution in [2.45, 2.75) is 6.42 Å². The lowest BCUT2D eigenvalue weighted by Crippen LogP contribution is -2.18. The fourth-order valence-corrected chi connectivity index (χ4v) is 1.02. The Bertz CT molecular complexity index is 303. The summed E-state index contributed by atoms with van der Waals surface area (Å²) in [5, 5.41) is 6.91. The fourth-order valence-electron chi connectivity index (χ4n) is 1.02. The van der Waals surface area contributed by atoms with Crippen LogP contribution in [0.15, 0.2) is 24.3 Å². The van der Waals surface area contributed by atoms with Crippen LogP contribution in [-0.4, -0.2) is 19.0 Å². The number of hydrogen-bond donors (Lipinski definition) is 2. The Hall–Kier alpha value is -1.13. The van der Waals surface area contributed by atoms with Gasteiger partial charge in [-0.05, 0) is 24.1 Å². The molecule has 0 atom stereocenters. The maximum Gasteiger partial charge on any atom is 0.123 e. The third-order valence-electron chi connectivity index (χ3n) is 1.71. The summed E-state index contributed by atoms with van der Waals surface area (Å²) in [5.41, 5.74) is 6.11. The molecule has 0 aliphatic carbocycles. The van der Waals surface area contributed by atoms with Crippen molar-refractivity contribution >= 4 is 18.2 Å². The molecule has 0 aromatic heterocycles. The number of ether oxygens (including phenoxy) is 1. The van der Waals surface area contributed by atoms with E-state index >= 15 is 0 Å². The molecule has 1 aromatic carbocycles. The van der Waals surface area contributed by atoms with Crippen LogP contribution in [-0.2, 0) is 11.2 Å². The van der Waals surface area contributed by atoms with Crippen LogP contribution in [0.25, 0.3) is 0 Å². The molecule has 15 heavy (non-hydrogen) atoms. The molecule has 0 bridgehead atoms. The van der Waals surface area contributed by atoms with E-state index in [2.05, 4.69) is 0 Å². The topological polar surface area (TPSA) is 59.1 Å². The second kappa shape index (κ2) is 7.20. The van der Waals surface area contributed by atoms with Gasteiger partial charge in [0, 0.05) is 0 Å². The normalized spacial score (nSPS) is 9.40. The Morgan fingerprint density at radius 1 is 1.33 bits per heavy atom. The van der Waals surface area contributed by atoms with E-state index in [1.807, 2.05) is 0 Å². The first kappa shape index (κ1) is 13.9. The predicted octanol–water partition coefficient (Wildman–Crippen LogP) is 1.74. The minimum atomic E-state index is -0.238. The molecule has 0 radical (unpaired) electrons. The smallest absolute Gasteiger partial charge is 0.123 e. The lowest BCUT2D eigenvalue weighted by Gasteiger charge is -2.02. The zero-order chi connectivity index (χ0) is 10.4. The number of hydrogen-bond acceptors (Lipinski definition) is 2. The molecule has 0 saturated heterocycles. The van der Waals surface area contributed by atoms with E-state index < -0.39 is 0 Å². The molecule has 84 valence electrons. The third-order valence-corrected chi connectivity index (χ3v) is 1.71. The largest absolute Gasteiger partial charge is 0.386 e. The highest BCUT2D eigenvalue weighted by Crippen LogP contribution is 2.03. The lowest BCUT2D eigenvalue weighted by molar-refractivity contribution is 0.174. The van der Waals surface area contributed by atoms with Gasteiger partial charge in [-0.2, -0.15) is 0 Å². The molecule has 0 unspecified atom stereocenters. The van der Waals surface area contributed by atoms with Gasteiger partial charge >= 0.3 is 0 Å². The van der Waals surface area contributed by atoms with E-state index in [4.69, 9.17) is 15.9 Å². The SMILES string of the molecule is Cl.N=C(N)COCCc1ccc(F)cc1. The summed E-state index contributed by atoms with van der Waals surface area (Å²) in [7, 11) is 0. The first-order valence-electron chi connectivity index (χ1n) is 4.33. The van der Waals surface area contributed by atoms with Gasteiger partial charge < -0.3 is 10.5 Å². The van der Waals surface area contributed by atoms with Crippen LogP contribution >= 0.6 is 12.4 Å². The molecular formula is C10H14ClFN2O. The zero-order valence-electron chi connectivity index (χ0n) is 8.20. The number of halogens is 2. The Morgan fingerprint density at radius 2 is 1.93 bits per heavy atom. The highest BCUT2D eigenvalue weighted by molar-refractivity contribution is 5.85. The van der Waals surface area contributed by atoms with Crippen molar-refractivity contribution in [3.8, 4) is 0 Å². The van der Waals surface area contributed by atoms with Crippen LogP contribution in [0.3, 0.4) is 0 Å². The minimum Gasteiger partial charge on any atom is -0.386 e. The Labute approximate surface area is 94.3 Å². The van der Waals surface area contributed by atoms with Gasteiger partial charge in [-0.3, -0.25) is 5.41 Å². The molecule has 0 saturated carbocycles. The molecule has 3 N–H and O–H groups in total. The van der Waals surface area contributed by atoms with Crippen molar-refractivity contribution < 1.29 is 9.13 Å². The number of rotatable bonds is 5. The van der Waals surface area contributed by atoms with Crippen molar-refractivity contribution in [1.82, 2.24) is 0 Å². The Balaban J connectivity index is 0.00000196. The monoisotopic (exact) mass is 232 g/mol. The fraction of sp³-hybridized carbons (Fsp3) is 0.300. The summed E-state index contributed by atoms with van der Waals surface area (Å²) in [6, 6.07) is 6.26. The number of nitrogens with two attached hydrogens (primary N) is 1. The van der Waals surface area contributed by atoms with E-state index in [1.165, 1.54) is 12.1 Å². The Morgan fingerprint density at radius 3 is 2.47 bits per heavy atom. The van der Waals surface area contributed by atoms with Crippen molar-refractivity contribution in [3.63, 3.8) is 0 Å². The maximum atomic E-state index is 12.5. The molecule has 5 heteroatoms. The molecule has 0 aliphatic rings. The maximum absolute atomic E-state index is 12.5. The average molecular weight is 233 g/mol. The molecular weight excluding hydrogens is 219 g/mol. The van der Waals surface area contributed by atoms with Crippen LogP contribution in [0.5, 0.6) is 0 Å². The van der Waals surface area contributed by atoms with Gasteiger partial charge in [0.2, 0.25) is 0 Å². The summed E-state index contributed by atoms with van der Waals surface area (Å²) in [6.07, 6.45) is 0.702. The quantitative estimate of drug-likeness (QED) is 0.462. The van der Waals surface area contributed by atoms with Crippen LogP contribution < -0.4 is 5.73 Å². The van der Waals surface area contributed by atoms with E-state index in [0.717, 1.165) is 5.56 Å². The predicted molar refractivity (Wildman–Crippen MR) is 60.1 cm³/mol. The van der Waals surface area contributed by atoms with E-state index in [0.29, 0.717) is 13.0 Å².